The van der Waals surface area contributed by atoms with E-state index in [1.807, 2.05) is 7.11 Å². The highest BCUT2D eigenvalue weighted by atomic mass is 35.5. The van der Waals surface area contributed by atoms with Gasteiger partial charge in [0.05, 0.1) is 23.9 Å². The van der Waals surface area contributed by atoms with Crippen LogP contribution in [0.5, 0.6) is 0 Å². The molecule has 194 valence electrons. The molecule has 0 spiro atoms. The Bertz CT molecular complexity index is 959. The van der Waals surface area contributed by atoms with Crippen LogP contribution in [0.25, 0.3) is 0 Å². The number of nitrogen functional groups attached to an aromatic ring is 1. The zero-order valence-corrected chi connectivity index (χ0v) is 22.4. The second kappa shape index (κ2) is 9.50. The van der Waals surface area contributed by atoms with Gasteiger partial charge < -0.3 is 10.5 Å². The molecule has 0 aromatic carbocycles. The topological polar surface area (TPSA) is 94.5 Å². The zero-order valence-electron chi connectivity index (χ0n) is 21.6. The number of ketones is 1. The largest absolute Gasteiger partial charge is 0.396 e. The SMILES string of the molecule is COCC12CCC(C)CC1CC[C@H]1C3CCC(C(=O)CN(N)c4ncc(Cl)cc4N)C3(C)CCC12. The van der Waals surface area contributed by atoms with Crippen molar-refractivity contribution in [1.29, 1.82) is 0 Å². The van der Waals surface area contributed by atoms with Crippen LogP contribution in [0.1, 0.15) is 71.6 Å². The number of hydrazine groups is 1. The molecule has 7 heteroatoms. The fourth-order valence-corrected chi connectivity index (χ4v) is 9.55. The Labute approximate surface area is 215 Å². The highest BCUT2D eigenvalue weighted by Crippen LogP contribution is 2.68. The second-order valence-electron chi connectivity index (χ2n) is 12.5. The third-order valence-electron chi connectivity index (χ3n) is 10.9. The molecule has 4 aliphatic carbocycles. The Morgan fingerprint density at radius 3 is 2.74 bits per heavy atom. The molecule has 1 heterocycles. The summed E-state index contributed by atoms with van der Waals surface area (Å²) in [5, 5.41) is 1.86. The van der Waals surface area contributed by atoms with Gasteiger partial charge in [-0.1, -0.05) is 31.9 Å². The van der Waals surface area contributed by atoms with E-state index in [4.69, 9.17) is 27.9 Å². The number of carbonyl (C=O) groups is 1. The molecule has 0 saturated heterocycles. The van der Waals surface area contributed by atoms with E-state index in [0.29, 0.717) is 33.8 Å². The summed E-state index contributed by atoms with van der Waals surface area (Å²) in [6.45, 7) is 5.88. The van der Waals surface area contributed by atoms with Crippen molar-refractivity contribution in [2.24, 2.45) is 52.2 Å². The molecule has 4 N–H and O–H groups in total. The van der Waals surface area contributed by atoms with E-state index in [1.165, 1.54) is 49.7 Å². The molecule has 5 rings (SSSR count). The average molecular weight is 503 g/mol. The molecule has 6 nitrogen and oxygen atoms in total. The maximum Gasteiger partial charge on any atom is 0.166 e. The normalized spacial score (nSPS) is 40.5. The van der Waals surface area contributed by atoms with Gasteiger partial charge in [-0.2, -0.15) is 0 Å². The summed E-state index contributed by atoms with van der Waals surface area (Å²) >= 11 is 5.98. The van der Waals surface area contributed by atoms with E-state index < -0.39 is 0 Å². The van der Waals surface area contributed by atoms with E-state index in [9.17, 15) is 4.79 Å². The minimum Gasteiger partial charge on any atom is -0.396 e. The van der Waals surface area contributed by atoms with Crippen molar-refractivity contribution in [3.8, 4) is 0 Å². The third kappa shape index (κ3) is 4.18. The van der Waals surface area contributed by atoms with Gasteiger partial charge in [0, 0.05) is 19.2 Å². The number of Topliss-reactive ketones (excluding diaryl/α,β-unsaturated/α-hetero) is 1. The predicted molar refractivity (Wildman–Crippen MR) is 141 cm³/mol. The molecule has 7 unspecified atom stereocenters. The molecule has 0 bridgehead atoms. The summed E-state index contributed by atoms with van der Waals surface area (Å²) in [6.07, 6.45) is 12.7. The number of carbonyl (C=O) groups excluding carboxylic acids is 1. The summed E-state index contributed by atoms with van der Waals surface area (Å²) in [7, 11) is 1.89. The average Bonchev–Trinajstić information content (AvgIpc) is 3.16. The number of halogens is 1. The standard InChI is InChI=1S/C28H43ClN4O2/c1-17-8-11-28(16-35-3)18(12-17)4-5-20-21-6-7-23(27(21,2)10-9-22(20)28)25(34)15-33(31)26-24(30)13-19(29)14-32-26/h13-14,17-18,20-23H,4-12,15-16,30-31H2,1-3H3/t17?,18?,20-,21?,22?,23?,27?,28?/m0/s1. The van der Waals surface area contributed by atoms with Crippen LogP contribution < -0.4 is 16.6 Å². The molecule has 1 aromatic heterocycles. The van der Waals surface area contributed by atoms with Crippen LogP contribution in [0.15, 0.2) is 12.3 Å². The second-order valence-corrected chi connectivity index (χ2v) is 13.0. The van der Waals surface area contributed by atoms with E-state index in [-0.39, 0.29) is 23.7 Å². The molecule has 4 saturated carbocycles. The summed E-state index contributed by atoms with van der Waals surface area (Å²) < 4.78 is 5.93. The molecule has 0 aliphatic heterocycles. The number of fused-ring (bicyclic) bond motifs is 5. The van der Waals surface area contributed by atoms with Crippen LogP contribution >= 0.6 is 11.6 Å². The molecule has 4 fully saturated rings. The lowest BCUT2D eigenvalue weighted by Crippen LogP contribution is -2.56. The van der Waals surface area contributed by atoms with Crippen LogP contribution in [0.4, 0.5) is 11.5 Å². The van der Waals surface area contributed by atoms with Crippen LogP contribution in [0, 0.1) is 46.3 Å². The number of rotatable bonds is 6. The van der Waals surface area contributed by atoms with Gasteiger partial charge in [0.25, 0.3) is 0 Å². The monoisotopic (exact) mass is 502 g/mol. The fraction of sp³-hybridized carbons (Fsp3) is 0.786. The van der Waals surface area contributed by atoms with Crippen LogP contribution in [0.2, 0.25) is 5.02 Å². The van der Waals surface area contributed by atoms with Crippen molar-refractivity contribution in [2.75, 3.05) is 31.0 Å². The Morgan fingerprint density at radius 1 is 1.20 bits per heavy atom. The Morgan fingerprint density at radius 2 is 2.00 bits per heavy atom. The Balaban J connectivity index is 1.33. The number of hydrogen-bond acceptors (Lipinski definition) is 6. The van der Waals surface area contributed by atoms with E-state index >= 15 is 0 Å². The molecular formula is C28H43ClN4O2. The first kappa shape index (κ1) is 25.3. The number of methoxy groups -OCH3 is 1. The first-order valence-electron chi connectivity index (χ1n) is 13.6. The number of pyridine rings is 1. The van der Waals surface area contributed by atoms with Crippen molar-refractivity contribution >= 4 is 28.9 Å². The van der Waals surface area contributed by atoms with Crippen molar-refractivity contribution in [3.63, 3.8) is 0 Å². The lowest BCUT2D eigenvalue weighted by molar-refractivity contribution is -0.154. The molecule has 1 aromatic rings. The lowest BCUT2D eigenvalue weighted by atomic mass is 9.44. The highest BCUT2D eigenvalue weighted by Gasteiger charge is 2.62. The van der Waals surface area contributed by atoms with Gasteiger partial charge in [-0.25, -0.2) is 10.8 Å². The minimum absolute atomic E-state index is 0.0514. The maximum absolute atomic E-state index is 13.6. The van der Waals surface area contributed by atoms with Crippen LogP contribution in [0.3, 0.4) is 0 Å². The van der Waals surface area contributed by atoms with Crippen molar-refractivity contribution in [3.05, 3.63) is 17.3 Å². The molecule has 8 atom stereocenters. The predicted octanol–water partition coefficient (Wildman–Crippen LogP) is 5.49. The summed E-state index contributed by atoms with van der Waals surface area (Å²) in [6, 6.07) is 1.63. The first-order chi connectivity index (χ1) is 16.7. The Kier molecular flexibility index (Phi) is 6.86. The number of nitrogens with zero attached hydrogens (tertiary/aromatic N) is 2. The molecule has 0 amide bonds. The summed E-state index contributed by atoms with van der Waals surface area (Å²) in [5.41, 5.74) is 6.86. The van der Waals surface area contributed by atoms with Gasteiger partial charge >= 0.3 is 0 Å². The van der Waals surface area contributed by atoms with E-state index in [1.54, 1.807) is 6.07 Å². The number of aromatic nitrogens is 1. The number of nitrogens with two attached hydrogens (primary N) is 2. The van der Waals surface area contributed by atoms with Crippen molar-refractivity contribution in [2.45, 2.75) is 71.6 Å². The molecule has 4 aliphatic rings. The van der Waals surface area contributed by atoms with E-state index in [0.717, 1.165) is 43.6 Å². The fourth-order valence-electron chi connectivity index (χ4n) is 9.38. The Hall–Kier alpha value is -1.37. The first-order valence-corrected chi connectivity index (χ1v) is 14.0. The molecule has 35 heavy (non-hydrogen) atoms. The maximum atomic E-state index is 13.6. The van der Waals surface area contributed by atoms with Gasteiger partial charge in [-0.05, 0) is 97.9 Å². The van der Waals surface area contributed by atoms with Crippen molar-refractivity contribution < 1.29 is 9.53 Å². The molecular weight excluding hydrogens is 460 g/mol. The van der Waals surface area contributed by atoms with Crippen LogP contribution in [-0.4, -0.2) is 31.0 Å². The number of hydrogen-bond donors (Lipinski definition) is 2. The summed E-state index contributed by atoms with van der Waals surface area (Å²) in [4.78, 5) is 17.9. The van der Waals surface area contributed by atoms with Gasteiger partial charge in [0.2, 0.25) is 0 Å². The summed E-state index contributed by atoms with van der Waals surface area (Å²) in [5.74, 6) is 10.7. The van der Waals surface area contributed by atoms with Gasteiger partial charge in [0.1, 0.15) is 0 Å². The van der Waals surface area contributed by atoms with Gasteiger partial charge in [-0.15, -0.1) is 0 Å². The lowest BCUT2D eigenvalue weighted by Gasteiger charge is -2.62. The zero-order chi connectivity index (χ0) is 25.0. The molecule has 0 radical (unpaired) electrons. The quantitative estimate of drug-likeness (QED) is 0.394. The third-order valence-corrected chi connectivity index (χ3v) is 11.1. The van der Waals surface area contributed by atoms with Crippen LogP contribution in [-0.2, 0) is 9.53 Å². The van der Waals surface area contributed by atoms with Gasteiger partial charge in [0.15, 0.2) is 11.6 Å². The van der Waals surface area contributed by atoms with Gasteiger partial charge in [-0.3, -0.25) is 9.80 Å². The minimum atomic E-state index is 0.0514. The smallest absolute Gasteiger partial charge is 0.166 e. The van der Waals surface area contributed by atoms with Crippen molar-refractivity contribution in [1.82, 2.24) is 4.98 Å². The highest BCUT2D eigenvalue weighted by molar-refractivity contribution is 6.30. The van der Waals surface area contributed by atoms with E-state index in [2.05, 4.69) is 18.8 Å². The number of ether oxygens (including phenoxy) is 1. The number of anilines is 2.